The average molecular weight is 151 g/mol. The van der Waals surface area contributed by atoms with Crippen LogP contribution in [0.5, 0.6) is 0 Å². The summed E-state index contributed by atoms with van der Waals surface area (Å²) in [5, 5.41) is 0. The van der Waals surface area contributed by atoms with Crippen LogP contribution in [-0.2, 0) is 0 Å². The highest BCUT2D eigenvalue weighted by Crippen LogP contribution is 2.01. The summed E-state index contributed by atoms with van der Waals surface area (Å²) in [7, 11) is 0. The van der Waals surface area contributed by atoms with Crippen LogP contribution in [0, 0.1) is 0 Å². The molecule has 0 heterocycles. The third-order valence-corrected chi connectivity index (χ3v) is 1.77. The molecule has 0 saturated carbocycles. The van der Waals surface area contributed by atoms with Crippen molar-refractivity contribution in [2.45, 2.75) is 34.6 Å². The lowest BCUT2D eigenvalue weighted by Gasteiger charge is -1.98. The van der Waals surface area contributed by atoms with Crippen molar-refractivity contribution in [3.63, 3.8) is 0 Å². The molecule has 0 aromatic heterocycles. The number of hydrogen-bond donors (Lipinski definition) is 0. The summed E-state index contributed by atoms with van der Waals surface area (Å²) >= 11 is 0. The smallest absolute Gasteiger partial charge is 0.0401 e. The maximum Gasteiger partial charge on any atom is 0.0401 e. The number of aliphatic imine (C=N–C) groups is 1. The van der Waals surface area contributed by atoms with E-state index in [4.69, 9.17) is 0 Å². The second-order valence-electron chi connectivity index (χ2n) is 2.60. The Bertz CT molecular complexity index is 207. The first-order chi connectivity index (χ1) is 5.11. The van der Waals surface area contributed by atoms with Gasteiger partial charge in [-0.1, -0.05) is 12.2 Å². The van der Waals surface area contributed by atoms with E-state index in [-0.39, 0.29) is 0 Å². The molecule has 0 aliphatic heterocycles. The van der Waals surface area contributed by atoms with Gasteiger partial charge in [-0.25, -0.2) is 0 Å². The molecule has 0 saturated heterocycles. The molecule has 0 atom stereocenters. The topological polar surface area (TPSA) is 12.4 Å². The van der Waals surface area contributed by atoms with Crippen LogP contribution in [0.4, 0.5) is 0 Å². The Morgan fingerprint density at radius 3 is 1.91 bits per heavy atom. The maximum atomic E-state index is 4.38. The Morgan fingerprint density at radius 2 is 1.55 bits per heavy atom. The van der Waals surface area contributed by atoms with E-state index in [1.165, 1.54) is 5.57 Å². The molecular formula is C10H17N. The lowest BCUT2D eigenvalue weighted by atomic mass is 10.2. The van der Waals surface area contributed by atoms with Crippen molar-refractivity contribution in [1.82, 2.24) is 0 Å². The van der Waals surface area contributed by atoms with Crippen LogP contribution in [0.3, 0.4) is 0 Å². The zero-order chi connectivity index (χ0) is 8.85. The van der Waals surface area contributed by atoms with Crippen molar-refractivity contribution in [3.05, 3.63) is 23.4 Å². The lowest BCUT2D eigenvalue weighted by molar-refractivity contribution is 1.27. The van der Waals surface area contributed by atoms with Crippen molar-refractivity contribution in [3.8, 4) is 0 Å². The van der Waals surface area contributed by atoms with Gasteiger partial charge in [-0.15, -0.1) is 0 Å². The molecule has 62 valence electrons. The van der Waals surface area contributed by atoms with Gasteiger partial charge >= 0.3 is 0 Å². The second-order valence-corrected chi connectivity index (χ2v) is 2.60. The summed E-state index contributed by atoms with van der Waals surface area (Å²) in [5.41, 5.74) is 3.41. The fourth-order valence-electron chi connectivity index (χ4n) is 0.626. The third-order valence-electron chi connectivity index (χ3n) is 1.77. The zero-order valence-corrected chi connectivity index (χ0v) is 8.10. The summed E-state index contributed by atoms with van der Waals surface area (Å²) in [5.74, 6) is 0. The van der Waals surface area contributed by atoms with Crippen molar-refractivity contribution in [2.75, 3.05) is 0 Å². The fraction of sp³-hybridized carbons (Fsp3) is 0.500. The molecule has 0 spiro atoms. The van der Waals surface area contributed by atoms with Crippen molar-refractivity contribution in [1.29, 1.82) is 0 Å². The Hall–Kier alpha value is -0.850. The Morgan fingerprint density at radius 1 is 1.00 bits per heavy atom. The van der Waals surface area contributed by atoms with Gasteiger partial charge in [0.1, 0.15) is 0 Å². The molecule has 1 nitrogen and oxygen atoms in total. The van der Waals surface area contributed by atoms with E-state index < -0.39 is 0 Å². The minimum absolute atomic E-state index is 1.07. The predicted octanol–water partition coefficient (Wildman–Crippen LogP) is 3.34. The van der Waals surface area contributed by atoms with Crippen LogP contribution in [-0.4, -0.2) is 5.71 Å². The Balaban J connectivity index is 4.47. The van der Waals surface area contributed by atoms with Gasteiger partial charge in [-0.05, 0) is 40.2 Å². The largest absolute Gasteiger partial charge is 0.259 e. The van der Waals surface area contributed by atoms with Crippen LogP contribution in [0.1, 0.15) is 34.6 Å². The van der Waals surface area contributed by atoms with Gasteiger partial charge in [0.05, 0.1) is 0 Å². The standard InChI is InChI=1S/C10H17N/c1-6-8(3)10(5)11-9(4)7-2/h6-7H,1-5H3/b8-6-,9-7-,11-10-. The van der Waals surface area contributed by atoms with Gasteiger partial charge in [0.25, 0.3) is 0 Å². The molecule has 1 heteroatoms. The van der Waals surface area contributed by atoms with Gasteiger partial charge in [0.2, 0.25) is 0 Å². The molecule has 0 N–H and O–H groups in total. The summed E-state index contributed by atoms with van der Waals surface area (Å²) in [6, 6.07) is 0. The summed E-state index contributed by atoms with van der Waals surface area (Å²) in [4.78, 5) is 4.38. The predicted molar refractivity (Wildman–Crippen MR) is 52.0 cm³/mol. The van der Waals surface area contributed by atoms with Gasteiger partial charge in [-0.2, -0.15) is 0 Å². The van der Waals surface area contributed by atoms with Crippen LogP contribution in [0.25, 0.3) is 0 Å². The van der Waals surface area contributed by atoms with E-state index in [0.29, 0.717) is 0 Å². The Kier molecular flexibility index (Phi) is 4.51. The summed E-state index contributed by atoms with van der Waals surface area (Å²) < 4.78 is 0. The van der Waals surface area contributed by atoms with Gasteiger partial charge < -0.3 is 0 Å². The minimum atomic E-state index is 1.07. The first-order valence-corrected chi connectivity index (χ1v) is 3.93. The normalized spacial score (nSPS) is 15.5. The molecular weight excluding hydrogens is 134 g/mol. The molecule has 0 aromatic carbocycles. The zero-order valence-electron chi connectivity index (χ0n) is 8.10. The first kappa shape index (κ1) is 10.2. The van der Waals surface area contributed by atoms with Crippen molar-refractivity contribution in [2.24, 2.45) is 4.99 Å². The fourth-order valence-corrected chi connectivity index (χ4v) is 0.626. The second kappa shape index (κ2) is 4.89. The van der Waals surface area contributed by atoms with E-state index in [9.17, 15) is 0 Å². The van der Waals surface area contributed by atoms with Crippen LogP contribution in [0.2, 0.25) is 0 Å². The molecule has 11 heavy (non-hydrogen) atoms. The van der Waals surface area contributed by atoms with E-state index in [1.807, 2.05) is 33.8 Å². The monoisotopic (exact) mass is 151 g/mol. The van der Waals surface area contributed by atoms with Crippen molar-refractivity contribution < 1.29 is 0 Å². The van der Waals surface area contributed by atoms with Crippen molar-refractivity contribution >= 4 is 5.71 Å². The quantitative estimate of drug-likeness (QED) is 0.537. The molecule has 0 unspecified atom stereocenters. The molecule has 0 radical (unpaired) electrons. The number of nitrogens with zero attached hydrogens (tertiary/aromatic N) is 1. The average Bonchev–Trinajstić information content (AvgIpc) is 2.02. The van der Waals surface area contributed by atoms with Gasteiger partial charge in [-0.3, -0.25) is 4.99 Å². The molecule has 0 aromatic rings. The van der Waals surface area contributed by atoms with Crippen LogP contribution in [0.15, 0.2) is 28.4 Å². The molecule has 0 bridgehead atoms. The molecule has 0 aliphatic carbocycles. The summed E-state index contributed by atoms with van der Waals surface area (Å²) in [6.45, 7) is 10.1. The van der Waals surface area contributed by atoms with E-state index in [1.54, 1.807) is 0 Å². The summed E-state index contributed by atoms with van der Waals surface area (Å²) in [6.07, 6.45) is 4.08. The van der Waals surface area contributed by atoms with Gasteiger partial charge in [0, 0.05) is 11.4 Å². The van der Waals surface area contributed by atoms with E-state index in [2.05, 4.69) is 18.0 Å². The van der Waals surface area contributed by atoms with Gasteiger partial charge in [0.15, 0.2) is 0 Å². The molecule has 0 rings (SSSR count). The molecule has 0 fully saturated rings. The minimum Gasteiger partial charge on any atom is -0.259 e. The van der Waals surface area contributed by atoms with Crippen LogP contribution < -0.4 is 0 Å². The first-order valence-electron chi connectivity index (χ1n) is 3.93. The lowest BCUT2D eigenvalue weighted by Crippen LogP contribution is -1.92. The molecule has 0 amide bonds. The maximum absolute atomic E-state index is 4.38. The van der Waals surface area contributed by atoms with Crippen LogP contribution >= 0.6 is 0 Å². The number of allylic oxidation sites excluding steroid dienone is 4. The Labute approximate surface area is 69.5 Å². The van der Waals surface area contributed by atoms with E-state index >= 15 is 0 Å². The highest BCUT2D eigenvalue weighted by Gasteiger charge is 1.91. The highest BCUT2D eigenvalue weighted by molar-refractivity contribution is 5.98. The number of hydrogen-bond acceptors (Lipinski definition) is 1. The third kappa shape index (κ3) is 3.76. The molecule has 0 aliphatic rings. The SMILES string of the molecule is C\C=C(C)/N=C(C)\C(C)=C/C. The van der Waals surface area contributed by atoms with E-state index in [0.717, 1.165) is 11.4 Å². The number of rotatable bonds is 2. The highest BCUT2D eigenvalue weighted by atomic mass is 14.7.